The summed E-state index contributed by atoms with van der Waals surface area (Å²) in [5.74, 6) is 0. The lowest BCUT2D eigenvalue weighted by Gasteiger charge is -2.13. The van der Waals surface area contributed by atoms with Crippen LogP contribution in [0.3, 0.4) is 0 Å². The molecule has 1 N–H and O–H groups in total. The largest absolute Gasteiger partial charge is 0.390 e. The Bertz CT molecular complexity index is 231. The zero-order chi connectivity index (χ0) is 9.99. The molecule has 0 aliphatic heterocycles. The van der Waals surface area contributed by atoms with Gasteiger partial charge in [-0.05, 0) is 6.42 Å². The minimum Gasteiger partial charge on any atom is -0.285 e. The summed E-state index contributed by atoms with van der Waals surface area (Å²) < 4.78 is 63.6. The Morgan fingerprint density at radius 1 is 1.42 bits per heavy atom. The second-order valence-corrected chi connectivity index (χ2v) is 3.94. The predicted molar refractivity (Wildman–Crippen MR) is 36.0 cm³/mol. The van der Waals surface area contributed by atoms with Crippen molar-refractivity contribution in [2.45, 2.75) is 24.3 Å². The molecule has 0 heterocycles. The van der Waals surface area contributed by atoms with Crippen LogP contribution in [0.25, 0.3) is 0 Å². The van der Waals surface area contributed by atoms with E-state index >= 15 is 0 Å². The highest BCUT2D eigenvalue weighted by Gasteiger charge is 2.36. The molecule has 0 rings (SSSR count). The molecule has 0 bridgehead atoms. The first-order valence-corrected chi connectivity index (χ1v) is 4.49. The zero-order valence-corrected chi connectivity index (χ0v) is 6.82. The van der Waals surface area contributed by atoms with Crippen molar-refractivity contribution >= 4 is 10.1 Å². The molecule has 12 heavy (non-hydrogen) atoms. The molecule has 0 aromatic heterocycles. The topological polar surface area (TPSA) is 54.4 Å². The molecule has 0 saturated heterocycles. The molecule has 0 saturated carbocycles. The fraction of sp³-hybridized carbons (Fsp3) is 0.800. The van der Waals surface area contributed by atoms with Crippen molar-refractivity contribution in [3.8, 4) is 0 Å². The minimum absolute atomic E-state index is 0.502. The molecule has 1 radical (unpaired) electrons. The molecule has 73 valence electrons. The number of halogens is 3. The Kier molecular flexibility index (Phi) is 3.52. The number of hydrogen-bond acceptors (Lipinski definition) is 2. The summed E-state index contributed by atoms with van der Waals surface area (Å²) in [4.78, 5) is 0. The van der Waals surface area contributed by atoms with Crippen LogP contribution in [0.15, 0.2) is 0 Å². The van der Waals surface area contributed by atoms with Gasteiger partial charge in [-0.3, -0.25) is 4.55 Å². The summed E-state index contributed by atoms with van der Waals surface area (Å²) >= 11 is 0. The number of rotatable bonds is 3. The van der Waals surface area contributed by atoms with E-state index in [0.717, 1.165) is 0 Å². The first-order chi connectivity index (χ1) is 5.17. The van der Waals surface area contributed by atoms with Crippen LogP contribution in [0, 0.1) is 6.92 Å². The Morgan fingerprint density at radius 3 is 1.92 bits per heavy atom. The van der Waals surface area contributed by atoms with E-state index in [2.05, 4.69) is 6.92 Å². The third-order valence-corrected chi connectivity index (χ3v) is 2.45. The maximum atomic E-state index is 11.6. The minimum atomic E-state index is -4.63. The molecular formula is C5H8F3O3S. The van der Waals surface area contributed by atoms with E-state index in [9.17, 15) is 21.6 Å². The van der Waals surface area contributed by atoms with Gasteiger partial charge in [-0.25, -0.2) is 0 Å². The van der Waals surface area contributed by atoms with E-state index in [-0.39, 0.29) is 0 Å². The standard InChI is InChI=1S/C5H8F3O3S/c1-2-4(12(9,10)11)3-5(6,7)8/h4H,1-3H2,(H,9,10,11). The Hall–Kier alpha value is -0.300. The van der Waals surface area contributed by atoms with E-state index in [1.165, 1.54) is 0 Å². The third kappa shape index (κ3) is 4.55. The fourth-order valence-corrected chi connectivity index (χ4v) is 1.31. The van der Waals surface area contributed by atoms with Crippen molar-refractivity contribution in [3.05, 3.63) is 6.92 Å². The van der Waals surface area contributed by atoms with E-state index < -0.39 is 34.4 Å². The van der Waals surface area contributed by atoms with Crippen LogP contribution in [0.2, 0.25) is 0 Å². The summed E-state index contributed by atoms with van der Waals surface area (Å²) in [6, 6.07) is 0. The molecule has 1 unspecified atom stereocenters. The summed E-state index contributed by atoms with van der Waals surface area (Å²) in [6.45, 7) is 3.00. The molecule has 0 aliphatic rings. The molecule has 0 aliphatic carbocycles. The lowest BCUT2D eigenvalue weighted by Crippen LogP contribution is -2.26. The molecule has 0 amide bonds. The van der Waals surface area contributed by atoms with Gasteiger partial charge in [0, 0.05) is 0 Å². The van der Waals surface area contributed by atoms with E-state index in [1.54, 1.807) is 0 Å². The predicted octanol–water partition coefficient (Wildman–Crippen LogP) is 1.42. The normalized spacial score (nSPS) is 16.1. The Labute approximate surface area is 68.3 Å². The van der Waals surface area contributed by atoms with Crippen molar-refractivity contribution in [2.24, 2.45) is 0 Å². The van der Waals surface area contributed by atoms with Gasteiger partial charge in [-0.2, -0.15) is 21.6 Å². The van der Waals surface area contributed by atoms with Crippen LogP contribution in [-0.2, 0) is 10.1 Å². The highest BCUT2D eigenvalue weighted by atomic mass is 32.2. The van der Waals surface area contributed by atoms with Crippen molar-refractivity contribution in [2.75, 3.05) is 0 Å². The summed E-state index contributed by atoms with van der Waals surface area (Å²) in [6.07, 6.45) is -6.66. The van der Waals surface area contributed by atoms with E-state index in [0.29, 0.717) is 0 Å². The molecule has 0 spiro atoms. The highest BCUT2D eigenvalue weighted by molar-refractivity contribution is 7.86. The second-order valence-electron chi connectivity index (χ2n) is 2.24. The SMILES string of the molecule is [CH2]CC(CC(F)(F)F)S(=O)(=O)O. The molecule has 0 aromatic carbocycles. The van der Waals surface area contributed by atoms with Gasteiger partial charge in [0.05, 0.1) is 11.7 Å². The van der Waals surface area contributed by atoms with Crippen molar-refractivity contribution in [1.82, 2.24) is 0 Å². The first kappa shape index (κ1) is 11.7. The lowest BCUT2D eigenvalue weighted by molar-refractivity contribution is -0.134. The Morgan fingerprint density at radius 2 is 1.83 bits per heavy atom. The molecule has 1 atom stereocenters. The number of alkyl halides is 3. The Balaban J connectivity index is 4.41. The third-order valence-electron chi connectivity index (χ3n) is 1.20. The van der Waals surface area contributed by atoms with Crippen LogP contribution in [-0.4, -0.2) is 24.4 Å². The van der Waals surface area contributed by atoms with Crippen molar-refractivity contribution in [1.29, 1.82) is 0 Å². The van der Waals surface area contributed by atoms with Crippen LogP contribution in [0.4, 0.5) is 13.2 Å². The van der Waals surface area contributed by atoms with Crippen molar-refractivity contribution in [3.63, 3.8) is 0 Å². The van der Waals surface area contributed by atoms with Crippen LogP contribution in [0.5, 0.6) is 0 Å². The van der Waals surface area contributed by atoms with E-state index in [4.69, 9.17) is 4.55 Å². The van der Waals surface area contributed by atoms with Crippen LogP contribution >= 0.6 is 0 Å². The van der Waals surface area contributed by atoms with Gasteiger partial charge in [0.2, 0.25) is 0 Å². The fourth-order valence-electron chi connectivity index (χ4n) is 0.614. The second kappa shape index (κ2) is 3.61. The first-order valence-electron chi connectivity index (χ1n) is 2.99. The molecule has 3 nitrogen and oxygen atoms in total. The number of hydrogen-bond donors (Lipinski definition) is 1. The van der Waals surface area contributed by atoms with Gasteiger partial charge in [0.1, 0.15) is 0 Å². The quantitative estimate of drug-likeness (QED) is 0.709. The average molecular weight is 205 g/mol. The molecular weight excluding hydrogens is 197 g/mol. The molecule has 0 fully saturated rings. The lowest BCUT2D eigenvalue weighted by atomic mass is 10.2. The van der Waals surface area contributed by atoms with Gasteiger partial charge in [0.15, 0.2) is 0 Å². The van der Waals surface area contributed by atoms with Gasteiger partial charge >= 0.3 is 6.18 Å². The average Bonchev–Trinajstić information content (AvgIpc) is 1.78. The van der Waals surface area contributed by atoms with Crippen LogP contribution in [0.1, 0.15) is 12.8 Å². The molecule has 0 aromatic rings. The maximum absolute atomic E-state index is 11.6. The monoisotopic (exact) mass is 205 g/mol. The zero-order valence-electron chi connectivity index (χ0n) is 6.00. The maximum Gasteiger partial charge on any atom is 0.390 e. The van der Waals surface area contributed by atoms with Gasteiger partial charge in [-0.15, -0.1) is 0 Å². The van der Waals surface area contributed by atoms with Crippen LogP contribution < -0.4 is 0 Å². The van der Waals surface area contributed by atoms with E-state index in [1.807, 2.05) is 0 Å². The van der Waals surface area contributed by atoms with Gasteiger partial charge in [-0.1, -0.05) is 6.92 Å². The van der Waals surface area contributed by atoms with Gasteiger partial charge < -0.3 is 0 Å². The highest BCUT2D eigenvalue weighted by Crippen LogP contribution is 2.25. The summed E-state index contributed by atoms with van der Waals surface area (Å²) in [5, 5.41) is -1.85. The van der Waals surface area contributed by atoms with Crippen molar-refractivity contribution < 1.29 is 26.1 Å². The summed E-state index contributed by atoms with van der Waals surface area (Å²) in [7, 11) is -4.63. The molecule has 7 heteroatoms. The summed E-state index contributed by atoms with van der Waals surface area (Å²) in [5.41, 5.74) is 0. The van der Waals surface area contributed by atoms with Gasteiger partial charge in [0.25, 0.3) is 10.1 Å². The smallest absolute Gasteiger partial charge is 0.285 e.